The van der Waals surface area contributed by atoms with Gasteiger partial charge in [0.15, 0.2) is 12.1 Å². The van der Waals surface area contributed by atoms with E-state index < -0.39 is 18.1 Å². The van der Waals surface area contributed by atoms with Crippen molar-refractivity contribution in [1.82, 2.24) is 0 Å². The van der Waals surface area contributed by atoms with Crippen molar-refractivity contribution in [2.24, 2.45) is 0 Å². The van der Waals surface area contributed by atoms with E-state index in [-0.39, 0.29) is 42.7 Å². The fraction of sp³-hybridized carbons (Fsp3) is 0.603. The molecule has 0 aliphatic carbocycles. The quantitative estimate of drug-likeness (QED) is 0.0214. The predicted octanol–water partition coefficient (Wildman–Crippen LogP) is 15.0. The van der Waals surface area contributed by atoms with E-state index in [1.54, 1.807) is 0 Å². The number of aliphatic carboxylic acids is 1. The van der Waals surface area contributed by atoms with Gasteiger partial charge in [-0.2, -0.15) is 0 Å². The Hall–Kier alpha value is -4.27. The van der Waals surface area contributed by atoms with Gasteiger partial charge in [0, 0.05) is 19.3 Å². The summed E-state index contributed by atoms with van der Waals surface area (Å²) in [5.41, 5.74) is 0. The predicted molar refractivity (Wildman–Crippen MR) is 279 cm³/mol. The van der Waals surface area contributed by atoms with Gasteiger partial charge in [-0.05, 0) is 64.2 Å². The highest BCUT2D eigenvalue weighted by Crippen LogP contribution is 2.15. The molecule has 0 fully saturated rings. The Balaban J connectivity index is 4.33. The zero-order valence-corrected chi connectivity index (χ0v) is 42.3. The van der Waals surface area contributed by atoms with Crippen LogP contribution in [-0.4, -0.2) is 80.6 Å². The number of carbonyl (C=O) groups excluding carboxylic acids is 2. The molecule has 0 aromatic carbocycles. The number of esters is 2. The second-order valence-corrected chi connectivity index (χ2v) is 17.8. The first-order valence-electron chi connectivity index (χ1n) is 25.7. The summed E-state index contributed by atoms with van der Waals surface area (Å²) in [4.78, 5) is 37.2. The van der Waals surface area contributed by atoms with Crippen LogP contribution in [0.15, 0.2) is 122 Å². The van der Waals surface area contributed by atoms with Gasteiger partial charge in [0.2, 0.25) is 0 Å². The number of unbranched alkanes of at least 4 members (excludes halogenated alkanes) is 16. The maximum atomic E-state index is 12.8. The largest absolute Gasteiger partial charge is 0.477 e. The van der Waals surface area contributed by atoms with Gasteiger partial charge in [0.1, 0.15) is 6.61 Å². The van der Waals surface area contributed by atoms with Gasteiger partial charge in [-0.3, -0.25) is 9.59 Å². The molecule has 0 saturated carbocycles. The van der Waals surface area contributed by atoms with Crippen LogP contribution in [0.2, 0.25) is 0 Å². The van der Waals surface area contributed by atoms with Gasteiger partial charge < -0.3 is 23.8 Å². The maximum Gasteiger partial charge on any atom is 0.362 e. The third-order valence-electron chi connectivity index (χ3n) is 10.8. The lowest BCUT2D eigenvalue weighted by molar-refractivity contribution is -0.887. The third-order valence-corrected chi connectivity index (χ3v) is 10.8. The first-order chi connectivity index (χ1) is 32.1. The highest BCUT2D eigenvalue weighted by molar-refractivity contribution is 5.72. The molecule has 372 valence electrons. The Bertz CT molecular complexity index is 1490. The first kappa shape index (κ1) is 61.7. The Kier molecular flexibility index (Phi) is 44.2. The molecular formula is C58H94NO7+. The fourth-order valence-electron chi connectivity index (χ4n) is 6.91. The molecule has 1 N–H and O–H groups in total. The van der Waals surface area contributed by atoms with Crippen LogP contribution in [-0.2, 0) is 28.6 Å². The molecule has 0 rings (SSSR count). The Morgan fingerprint density at radius 1 is 0.470 bits per heavy atom. The van der Waals surface area contributed by atoms with E-state index in [0.717, 1.165) is 64.2 Å². The summed E-state index contributed by atoms with van der Waals surface area (Å²) in [5.74, 6) is -1.54. The molecule has 0 aliphatic rings. The standard InChI is InChI=1S/C58H93NO7/c1-6-8-10-12-14-16-18-20-22-24-26-27-28-29-31-32-34-36-38-40-42-44-46-48-56(60)65-53-54(52-64-51-50-55(58(62)63)59(3,4)5)66-57(61)49-47-45-43-41-39-37-35-33-30-25-23-21-19-17-15-13-11-9-7-2/h8-11,13-17,19-23,25,30,33,35,37,39,54-55H,6-7,12,18,24,26-29,31-32,34,36,38,40-53H2,1-5H3/p+1/b10-8+,11-9+,15-13+,16-14+,19-17+,22-20+,23-21+,30-25+,35-33+,39-37+. The van der Waals surface area contributed by atoms with Crippen molar-refractivity contribution in [2.75, 3.05) is 41.0 Å². The first-order valence-corrected chi connectivity index (χ1v) is 25.7. The Labute approximate surface area is 403 Å². The molecule has 0 spiro atoms. The van der Waals surface area contributed by atoms with Crippen LogP contribution in [0.25, 0.3) is 0 Å². The van der Waals surface area contributed by atoms with Crippen LogP contribution in [0.5, 0.6) is 0 Å². The second-order valence-electron chi connectivity index (χ2n) is 17.8. The number of hydrogen-bond acceptors (Lipinski definition) is 6. The van der Waals surface area contributed by atoms with E-state index in [1.165, 1.54) is 70.6 Å². The van der Waals surface area contributed by atoms with Crippen molar-refractivity contribution in [1.29, 1.82) is 0 Å². The van der Waals surface area contributed by atoms with Crippen LogP contribution in [0.3, 0.4) is 0 Å². The SMILES string of the molecule is CC/C=C/C=C/C=C/C=C/C=C/C=C/C=C/CCCCCC(=O)OC(COCCC(C(=O)O)[N+](C)(C)C)COC(=O)CCCCCCCCCCCCCCC/C=C/C/C=C/C/C=C/CC. The number of hydrogen-bond donors (Lipinski definition) is 1. The normalized spacial score (nSPS) is 13.9. The van der Waals surface area contributed by atoms with Crippen LogP contribution < -0.4 is 0 Å². The van der Waals surface area contributed by atoms with Gasteiger partial charge >= 0.3 is 17.9 Å². The molecule has 8 nitrogen and oxygen atoms in total. The number of nitrogens with zero attached hydrogens (tertiary/aromatic N) is 1. The van der Waals surface area contributed by atoms with Gasteiger partial charge in [-0.15, -0.1) is 0 Å². The van der Waals surface area contributed by atoms with E-state index in [4.69, 9.17) is 14.2 Å². The molecule has 8 heteroatoms. The molecule has 0 heterocycles. The number of ether oxygens (including phenoxy) is 3. The summed E-state index contributed by atoms with van der Waals surface area (Å²) in [6, 6.07) is -0.632. The molecular weight excluding hydrogens is 823 g/mol. The molecule has 0 aromatic heterocycles. The number of carbonyl (C=O) groups is 3. The summed E-state index contributed by atoms with van der Waals surface area (Å²) >= 11 is 0. The lowest BCUT2D eigenvalue weighted by Crippen LogP contribution is -2.50. The van der Waals surface area contributed by atoms with E-state index in [9.17, 15) is 19.5 Å². The molecule has 2 atom stereocenters. The fourth-order valence-corrected chi connectivity index (χ4v) is 6.91. The van der Waals surface area contributed by atoms with E-state index >= 15 is 0 Å². The molecule has 0 saturated heterocycles. The number of rotatable bonds is 44. The van der Waals surface area contributed by atoms with Crippen LogP contribution in [0, 0.1) is 0 Å². The van der Waals surface area contributed by atoms with Crippen molar-refractivity contribution < 1.29 is 38.2 Å². The number of carboxylic acids is 1. The highest BCUT2D eigenvalue weighted by atomic mass is 16.6. The molecule has 0 amide bonds. The van der Waals surface area contributed by atoms with Crippen molar-refractivity contribution in [3.05, 3.63) is 122 Å². The van der Waals surface area contributed by atoms with Gasteiger partial charge in [-0.25, -0.2) is 4.79 Å². The smallest absolute Gasteiger partial charge is 0.362 e. The lowest BCUT2D eigenvalue weighted by atomic mass is 10.0. The molecule has 0 radical (unpaired) electrons. The van der Waals surface area contributed by atoms with E-state index in [1.807, 2.05) is 94.1 Å². The number of carboxylic acid groups (broad SMARTS) is 1. The summed E-state index contributed by atoms with van der Waals surface area (Å²) in [5, 5.41) is 9.66. The van der Waals surface area contributed by atoms with Gasteiger partial charge in [0.05, 0.1) is 34.4 Å². The van der Waals surface area contributed by atoms with Crippen molar-refractivity contribution in [2.45, 2.75) is 187 Å². The molecule has 0 aromatic rings. The molecule has 66 heavy (non-hydrogen) atoms. The minimum absolute atomic E-state index is 0.0341. The van der Waals surface area contributed by atoms with Crippen LogP contribution in [0.1, 0.15) is 174 Å². The summed E-state index contributed by atoms with van der Waals surface area (Å²) < 4.78 is 17.3. The van der Waals surface area contributed by atoms with Crippen LogP contribution in [0.4, 0.5) is 0 Å². The second kappa shape index (κ2) is 47.2. The Morgan fingerprint density at radius 2 is 0.879 bits per heavy atom. The monoisotopic (exact) mass is 917 g/mol. The minimum atomic E-state index is -0.888. The zero-order chi connectivity index (χ0) is 48.4. The summed E-state index contributed by atoms with van der Waals surface area (Å²) in [6.07, 6.45) is 66.8. The average molecular weight is 917 g/mol. The third kappa shape index (κ3) is 44.9. The van der Waals surface area contributed by atoms with Crippen molar-refractivity contribution in [3.63, 3.8) is 0 Å². The summed E-state index contributed by atoms with van der Waals surface area (Å²) in [7, 11) is 5.50. The minimum Gasteiger partial charge on any atom is -0.477 e. The topological polar surface area (TPSA) is 99.1 Å². The Morgan fingerprint density at radius 3 is 1.38 bits per heavy atom. The number of allylic oxidation sites excluding steroid dienone is 20. The van der Waals surface area contributed by atoms with Crippen molar-refractivity contribution in [3.8, 4) is 0 Å². The summed E-state index contributed by atoms with van der Waals surface area (Å²) in [6.45, 7) is 4.42. The zero-order valence-electron chi connectivity index (χ0n) is 42.3. The highest BCUT2D eigenvalue weighted by Gasteiger charge is 2.31. The van der Waals surface area contributed by atoms with Gasteiger partial charge in [0.25, 0.3) is 0 Å². The lowest BCUT2D eigenvalue weighted by Gasteiger charge is -2.31. The maximum absolute atomic E-state index is 12.8. The van der Waals surface area contributed by atoms with Crippen LogP contribution >= 0.6 is 0 Å². The number of quaternary nitrogens is 1. The number of likely N-dealkylation sites (N-methyl/N-ethyl adjacent to an activating group) is 1. The van der Waals surface area contributed by atoms with E-state index in [0.29, 0.717) is 19.3 Å². The average Bonchev–Trinajstić information content (AvgIpc) is 3.28. The molecule has 0 bridgehead atoms. The van der Waals surface area contributed by atoms with E-state index in [2.05, 4.69) is 62.5 Å². The molecule has 2 unspecified atom stereocenters. The van der Waals surface area contributed by atoms with Gasteiger partial charge in [-0.1, -0.05) is 212 Å². The van der Waals surface area contributed by atoms with Crippen molar-refractivity contribution >= 4 is 17.9 Å². The molecule has 0 aliphatic heterocycles.